The van der Waals surface area contributed by atoms with Crippen molar-refractivity contribution in [1.82, 2.24) is 10.0 Å². The molecule has 1 heterocycles. The van der Waals surface area contributed by atoms with Crippen LogP contribution in [0.1, 0.15) is 76.3 Å². The van der Waals surface area contributed by atoms with E-state index in [0.717, 1.165) is 41.8 Å². The molecule has 0 aromatic heterocycles. The third-order valence-electron chi connectivity index (χ3n) is 7.92. The van der Waals surface area contributed by atoms with Crippen molar-refractivity contribution >= 4 is 27.6 Å². The molecule has 260 valence electrons. The van der Waals surface area contributed by atoms with Gasteiger partial charge >= 0.3 is 10.2 Å². The third-order valence-corrected chi connectivity index (χ3v) is 8.79. The zero-order valence-corrected chi connectivity index (χ0v) is 29.1. The van der Waals surface area contributed by atoms with E-state index < -0.39 is 16.3 Å². The fraction of sp³-hybridized carbons (Fsp3) is 0.459. The first kappa shape index (κ1) is 36.9. The maximum Gasteiger partial charge on any atom is 0.345 e. The number of rotatable bonds is 21. The Morgan fingerprint density at radius 2 is 1.48 bits per heavy atom. The molecule has 0 saturated heterocycles. The van der Waals surface area contributed by atoms with Crippen LogP contribution in [0.2, 0.25) is 0 Å². The summed E-state index contributed by atoms with van der Waals surface area (Å²) in [4.78, 5) is 4.48. The predicted molar refractivity (Wildman–Crippen MR) is 194 cm³/mol. The molecule has 0 spiro atoms. The first-order chi connectivity index (χ1) is 23.3. The number of nitrogens with zero attached hydrogens (tertiary/aromatic N) is 2. The van der Waals surface area contributed by atoms with E-state index in [1.54, 1.807) is 0 Å². The summed E-state index contributed by atoms with van der Waals surface area (Å²) in [5.74, 6) is 1.89. The Kier molecular flexibility index (Phi) is 15.2. The number of hydrogen-bond donors (Lipinski definition) is 4. The highest BCUT2D eigenvalue weighted by Gasteiger charge is 2.26. The number of benzene rings is 3. The van der Waals surface area contributed by atoms with Gasteiger partial charge in [-0.25, -0.2) is 4.72 Å². The summed E-state index contributed by atoms with van der Waals surface area (Å²) in [6, 6.07) is 25.3. The predicted octanol–water partition coefficient (Wildman–Crippen LogP) is 6.42. The van der Waals surface area contributed by atoms with Crippen LogP contribution in [0.15, 0.2) is 88.3 Å². The molecule has 11 heteroatoms. The van der Waals surface area contributed by atoms with E-state index in [-0.39, 0.29) is 24.3 Å². The minimum Gasteiger partial charge on any atom is -0.491 e. The van der Waals surface area contributed by atoms with E-state index in [2.05, 4.69) is 38.6 Å². The van der Waals surface area contributed by atoms with Gasteiger partial charge in [0.15, 0.2) is 11.7 Å². The summed E-state index contributed by atoms with van der Waals surface area (Å²) in [5.41, 5.74) is 2.93. The van der Waals surface area contributed by atoms with Crippen LogP contribution in [0, 0.1) is 0 Å². The van der Waals surface area contributed by atoms with Crippen molar-refractivity contribution in [3.05, 3.63) is 90.0 Å². The molecule has 0 aliphatic carbocycles. The molecule has 3 aromatic carbocycles. The fourth-order valence-corrected chi connectivity index (χ4v) is 6.05. The second-order valence-electron chi connectivity index (χ2n) is 12.3. The topological polar surface area (TPSA) is 134 Å². The molecule has 0 saturated carbocycles. The molecule has 1 unspecified atom stereocenters. The molecule has 0 bridgehead atoms. The van der Waals surface area contributed by atoms with Gasteiger partial charge in [0.05, 0.1) is 0 Å². The molecule has 0 fully saturated rings. The van der Waals surface area contributed by atoms with Crippen LogP contribution < -0.4 is 24.8 Å². The smallest absolute Gasteiger partial charge is 0.345 e. The van der Waals surface area contributed by atoms with Gasteiger partial charge in [-0.15, -0.1) is 4.40 Å². The number of amidine groups is 2. The van der Waals surface area contributed by atoms with Crippen LogP contribution in [-0.4, -0.2) is 57.0 Å². The fourth-order valence-electron chi connectivity index (χ4n) is 5.23. The first-order valence-corrected chi connectivity index (χ1v) is 18.6. The third kappa shape index (κ3) is 13.7. The normalized spacial score (nSPS) is 15.8. The van der Waals surface area contributed by atoms with Gasteiger partial charge in [0.1, 0.15) is 30.8 Å². The number of aliphatic imine (C=N–C) groups is 1. The van der Waals surface area contributed by atoms with E-state index >= 15 is 0 Å². The standard InChI is InChI=1S/C37H51N5O5S/c1-3-4-5-6-7-8-9-13-24-38-36-37(42-48(44,45)41-36)40-32-18-16-30(17-19-32)25-29(2)39-26-33(43)28-47-35-22-20-34(21-23-35)46-27-31-14-11-10-12-15-31/h10-12,14-23,29,33,39,43H,3-9,13,24-28H2,1-2H3,(H,38,41)(H,40,42)/t29?,33-/m0/s1. The van der Waals surface area contributed by atoms with E-state index in [0.29, 0.717) is 25.4 Å². The van der Waals surface area contributed by atoms with Crippen molar-refractivity contribution in [1.29, 1.82) is 0 Å². The Morgan fingerprint density at radius 3 is 2.17 bits per heavy atom. The van der Waals surface area contributed by atoms with Gasteiger partial charge in [-0.05, 0) is 67.3 Å². The number of hydrogen-bond acceptors (Lipinski definition) is 8. The van der Waals surface area contributed by atoms with Crippen LogP contribution in [-0.2, 0) is 23.2 Å². The van der Waals surface area contributed by atoms with Crippen LogP contribution in [0.4, 0.5) is 5.69 Å². The maximum atomic E-state index is 12.1. The number of aliphatic hydroxyl groups is 1. The molecule has 2 atom stereocenters. The van der Waals surface area contributed by atoms with Gasteiger partial charge in [0.2, 0.25) is 0 Å². The van der Waals surface area contributed by atoms with Crippen LogP contribution in [0.25, 0.3) is 0 Å². The van der Waals surface area contributed by atoms with Crippen LogP contribution >= 0.6 is 0 Å². The Morgan fingerprint density at radius 1 is 0.833 bits per heavy atom. The Labute approximate surface area is 286 Å². The van der Waals surface area contributed by atoms with Crippen molar-refractivity contribution < 1.29 is 23.0 Å². The molecular formula is C37H51N5O5S. The van der Waals surface area contributed by atoms with Gasteiger partial charge in [0, 0.05) is 24.8 Å². The lowest BCUT2D eigenvalue weighted by Gasteiger charge is -2.18. The zero-order chi connectivity index (χ0) is 34.0. The highest BCUT2D eigenvalue weighted by molar-refractivity contribution is 7.89. The lowest BCUT2D eigenvalue weighted by Crippen LogP contribution is -2.37. The first-order valence-electron chi connectivity index (χ1n) is 17.1. The molecule has 3 aromatic rings. The van der Waals surface area contributed by atoms with E-state index in [9.17, 15) is 13.5 Å². The van der Waals surface area contributed by atoms with Gasteiger partial charge < -0.3 is 25.2 Å². The summed E-state index contributed by atoms with van der Waals surface area (Å²) >= 11 is 0. The average molecular weight is 678 g/mol. The molecule has 4 rings (SSSR count). The SMILES string of the molecule is CCCCCCCCCCN=C1NS(=O)(=O)N=C1Nc1ccc(CC(C)NC[C@H](O)COc2ccc(OCc3ccccc3)cc2)cc1. The number of nitrogens with one attached hydrogen (secondary N) is 3. The Hall–Kier alpha value is -3.93. The largest absolute Gasteiger partial charge is 0.491 e. The van der Waals surface area contributed by atoms with Crippen molar-refractivity contribution in [3.8, 4) is 11.5 Å². The summed E-state index contributed by atoms with van der Waals surface area (Å²) in [6.07, 6.45) is 9.62. The molecule has 4 N–H and O–H groups in total. The monoisotopic (exact) mass is 677 g/mol. The van der Waals surface area contributed by atoms with Crippen molar-refractivity contribution in [2.75, 3.05) is 25.0 Å². The molecule has 0 radical (unpaired) electrons. The van der Waals surface area contributed by atoms with E-state index in [1.807, 2.05) is 78.9 Å². The quantitative estimate of drug-likeness (QED) is 0.0956. The van der Waals surface area contributed by atoms with Gasteiger partial charge in [0.25, 0.3) is 0 Å². The summed E-state index contributed by atoms with van der Waals surface area (Å²) in [5, 5.41) is 16.9. The molecular weight excluding hydrogens is 627 g/mol. The average Bonchev–Trinajstić information content (AvgIpc) is 3.38. The Bertz CT molecular complexity index is 1530. The highest BCUT2D eigenvalue weighted by atomic mass is 32.2. The molecule has 1 aliphatic rings. The molecule has 10 nitrogen and oxygen atoms in total. The summed E-state index contributed by atoms with van der Waals surface area (Å²) in [7, 11) is -3.79. The Balaban J connectivity index is 1.13. The van der Waals surface area contributed by atoms with Gasteiger partial charge in [-0.3, -0.25) is 4.99 Å². The minimum atomic E-state index is -3.79. The van der Waals surface area contributed by atoms with Crippen LogP contribution in [0.3, 0.4) is 0 Å². The molecule has 1 aliphatic heterocycles. The summed E-state index contributed by atoms with van der Waals surface area (Å²) < 4.78 is 42.1. The second kappa shape index (κ2) is 19.8. The van der Waals surface area contributed by atoms with E-state index in [1.165, 1.54) is 38.5 Å². The number of ether oxygens (including phenoxy) is 2. The molecule has 48 heavy (non-hydrogen) atoms. The van der Waals surface area contributed by atoms with Crippen molar-refractivity contribution in [2.24, 2.45) is 9.39 Å². The maximum absolute atomic E-state index is 12.1. The van der Waals surface area contributed by atoms with Gasteiger partial charge in [-0.2, -0.15) is 8.42 Å². The molecule has 0 amide bonds. The van der Waals surface area contributed by atoms with Crippen LogP contribution in [0.5, 0.6) is 11.5 Å². The number of anilines is 1. The van der Waals surface area contributed by atoms with Crippen molar-refractivity contribution in [2.45, 2.75) is 90.4 Å². The lowest BCUT2D eigenvalue weighted by atomic mass is 10.1. The second-order valence-corrected chi connectivity index (χ2v) is 13.6. The van der Waals surface area contributed by atoms with E-state index in [4.69, 9.17) is 9.47 Å². The van der Waals surface area contributed by atoms with Gasteiger partial charge in [-0.1, -0.05) is 94.3 Å². The summed E-state index contributed by atoms with van der Waals surface area (Å²) in [6.45, 7) is 5.89. The zero-order valence-electron chi connectivity index (χ0n) is 28.2. The minimum absolute atomic E-state index is 0.114. The number of aliphatic hydroxyl groups excluding tert-OH is 1. The van der Waals surface area contributed by atoms with Crippen molar-refractivity contribution in [3.63, 3.8) is 0 Å². The number of unbranched alkanes of at least 4 members (excludes halogenated alkanes) is 7. The lowest BCUT2D eigenvalue weighted by molar-refractivity contribution is 0.104. The highest BCUT2D eigenvalue weighted by Crippen LogP contribution is 2.19.